The normalized spacial score (nSPS) is 10.2. The first-order valence-electron chi connectivity index (χ1n) is 8.54. The largest absolute Gasteiger partial charge is 0.507 e. The predicted octanol–water partition coefficient (Wildman–Crippen LogP) is 2.91. The number of ether oxygens (including phenoxy) is 4. The number of phenolic OH excluding ortho intramolecular Hbond substituents is 2. The van der Waals surface area contributed by atoms with Gasteiger partial charge in [-0.1, -0.05) is 0 Å². The summed E-state index contributed by atoms with van der Waals surface area (Å²) < 4.78 is 20.1. The number of hydrogen-bond acceptors (Lipinski definition) is 8. The molecule has 0 radical (unpaired) electrons. The first kappa shape index (κ1) is 20.9. The van der Waals surface area contributed by atoms with E-state index in [-0.39, 0.29) is 35.8 Å². The van der Waals surface area contributed by atoms with Gasteiger partial charge < -0.3 is 29.2 Å². The fourth-order valence-corrected chi connectivity index (χ4v) is 2.31. The lowest BCUT2D eigenvalue weighted by Gasteiger charge is -2.09. The molecule has 2 aromatic carbocycles. The molecule has 0 amide bonds. The van der Waals surface area contributed by atoms with Crippen molar-refractivity contribution in [2.45, 2.75) is 12.8 Å². The fraction of sp³-hybridized carbons (Fsp3) is 0.300. The number of carbonyl (C=O) groups excluding carboxylic acids is 2. The summed E-state index contributed by atoms with van der Waals surface area (Å²) >= 11 is 0. The van der Waals surface area contributed by atoms with E-state index in [1.165, 1.54) is 38.5 Å². The van der Waals surface area contributed by atoms with Gasteiger partial charge in [0.1, 0.15) is 34.1 Å². The van der Waals surface area contributed by atoms with Crippen molar-refractivity contribution in [3.05, 3.63) is 47.5 Å². The van der Waals surface area contributed by atoms with E-state index in [1.807, 2.05) is 0 Å². The maximum Gasteiger partial charge on any atom is 0.341 e. The molecule has 0 aliphatic rings. The molecule has 0 spiro atoms. The molecule has 0 atom stereocenters. The van der Waals surface area contributed by atoms with E-state index < -0.39 is 11.9 Å². The van der Waals surface area contributed by atoms with Crippen molar-refractivity contribution in [2.24, 2.45) is 0 Å². The minimum absolute atomic E-state index is 0.0437. The van der Waals surface area contributed by atoms with Gasteiger partial charge in [-0.3, -0.25) is 0 Å². The van der Waals surface area contributed by atoms with Crippen molar-refractivity contribution in [2.75, 3.05) is 27.4 Å². The van der Waals surface area contributed by atoms with Gasteiger partial charge in [0.05, 0.1) is 27.4 Å². The zero-order valence-corrected chi connectivity index (χ0v) is 15.6. The lowest BCUT2D eigenvalue weighted by Crippen LogP contribution is -2.09. The summed E-state index contributed by atoms with van der Waals surface area (Å²) in [5.41, 5.74) is 0.0874. The van der Waals surface area contributed by atoms with Gasteiger partial charge in [-0.25, -0.2) is 9.59 Å². The Morgan fingerprint density at radius 3 is 1.46 bits per heavy atom. The van der Waals surface area contributed by atoms with Crippen LogP contribution in [0.25, 0.3) is 0 Å². The van der Waals surface area contributed by atoms with Crippen LogP contribution in [0.15, 0.2) is 36.4 Å². The van der Waals surface area contributed by atoms with Crippen molar-refractivity contribution in [1.29, 1.82) is 0 Å². The Morgan fingerprint density at radius 2 is 1.14 bits per heavy atom. The third kappa shape index (κ3) is 5.54. The molecule has 28 heavy (non-hydrogen) atoms. The molecule has 0 bridgehead atoms. The highest BCUT2D eigenvalue weighted by Crippen LogP contribution is 2.25. The first-order valence-corrected chi connectivity index (χ1v) is 8.54. The smallest absolute Gasteiger partial charge is 0.341 e. The highest BCUT2D eigenvalue weighted by molar-refractivity contribution is 5.93. The molecule has 8 nitrogen and oxygen atoms in total. The lowest BCUT2D eigenvalue weighted by molar-refractivity contribution is 0.0428. The number of unbranched alkanes of at least 4 members (excludes halogenated alkanes) is 1. The summed E-state index contributed by atoms with van der Waals surface area (Å²) in [5, 5.41) is 19.6. The van der Waals surface area contributed by atoms with Crippen LogP contribution in [0.1, 0.15) is 33.6 Å². The van der Waals surface area contributed by atoms with Gasteiger partial charge >= 0.3 is 11.9 Å². The number of rotatable bonds is 9. The fourth-order valence-electron chi connectivity index (χ4n) is 2.31. The number of hydrogen-bond donors (Lipinski definition) is 2. The molecule has 8 heteroatoms. The Morgan fingerprint density at radius 1 is 0.750 bits per heavy atom. The zero-order chi connectivity index (χ0) is 20.5. The molecule has 0 aliphatic carbocycles. The van der Waals surface area contributed by atoms with Crippen molar-refractivity contribution in [3.8, 4) is 23.0 Å². The molecule has 0 fully saturated rings. The first-order chi connectivity index (χ1) is 13.5. The van der Waals surface area contributed by atoms with E-state index in [0.29, 0.717) is 24.3 Å². The van der Waals surface area contributed by atoms with Crippen molar-refractivity contribution < 1.29 is 38.7 Å². The summed E-state index contributed by atoms with van der Waals surface area (Å²) in [6, 6.07) is 8.57. The second-order valence-corrected chi connectivity index (χ2v) is 5.75. The van der Waals surface area contributed by atoms with Crippen LogP contribution >= 0.6 is 0 Å². The van der Waals surface area contributed by atoms with Gasteiger partial charge in [0, 0.05) is 12.1 Å². The quantitative estimate of drug-likeness (QED) is 0.497. The minimum Gasteiger partial charge on any atom is -0.507 e. The number of methoxy groups -OCH3 is 2. The molecule has 2 rings (SSSR count). The number of esters is 2. The molecule has 0 saturated heterocycles. The van der Waals surface area contributed by atoms with Crippen LogP contribution < -0.4 is 9.47 Å². The number of phenols is 2. The van der Waals surface area contributed by atoms with Gasteiger partial charge in [-0.2, -0.15) is 0 Å². The molecule has 0 aromatic heterocycles. The van der Waals surface area contributed by atoms with E-state index in [2.05, 4.69) is 0 Å². The highest BCUT2D eigenvalue weighted by atomic mass is 16.5. The van der Waals surface area contributed by atoms with Gasteiger partial charge in [0.2, 0.25) is 0 Å². The van der Waals surface area contributed by atoms with Crippen LogP contribution in [-0.2, 0) is 9.47 Å². The van der Waals surface area contributed by atoms with E-state index in [1.54, 1.807) is 12.1 Å². The van der Waals surface area contributed by atoms with Crippen LogP contribution in [0.4, 0.5) is 0 Å². The molecule has 2 N–H and O–H groups in total. The summed E-state index contributed by atoms with van der Waals surface area (Å²) in [6.45, 7) is 0.214. The van der Waals surface area contributed by atoms with Crippen LogP contribution in [0, 0.1) is 0 Å². The SMILES string of the molecule is COc1ccc(C(=O)OCCCCOC(=O)c2ccc(OC)cc2O)c(O)c1. The summed E-state index contributed by atoms with van der Waals surface area (Å²) in [7, 11) is 2.91. The summed E-state index contributed by atoms with van der Waals surface area (Å²) in [4.78, 5) is 23.9. The van der Waals surface area contributed by atoms with Crippen LogP contribution in [0.3, 0.4) is 0 Å². The van der Waals surface area contributed by atoms with Gasteiger partial charge in [0.15, 0.2) is 0 Å². The Balaban J connectivity index is 1.70. The molecular weight excluding hydrogens is 368 g/mol. The number of benzene rings is 2. The molecule has 0 saturated carbocycles. The van der Waals surface area contributed by atoms with Gasteiger partial charge in [-0.15, -0.1) is 0 Å². The topological polar surface area (TPSA) is 112 Å². The molecule has 0 unspecified atom stereocenters. The van der Waals surface area contributed by atoms with E-state index >= 15 is 0 Å². The average Bonchev–Trinajstić information content (AvgIpc) is 2.69. The third-order valence-corrected chi connectivity index (χ3v) is 3.85. The van der Waals surface area contributed by atoms with Gasteiger partial charge in [0.25, 0.3) is 0 Å². The van der Waals surface area contributed by atoms with E-state index in [9.17, 15) is 19.8 Å². The second-order valence-electron chi connectivity index (χ2n) is 5.75. The molecule has 2 aromatic rings. The van der Waals surface area contributed by atoms with E-state index in [4.69, 9.17) is 18.9 Å². The molecule has 150 valence electrons. The second kappa shape index (κ2) is 10.1. The predicted molar refractivity (Wildman–Crippen MR) is 99.1 cm³/mol. The van der Waals surface area contributed by atoms with Crippen LogP contribution in [0.2, 0.25) is 0 Å². The monoisotopic (exact) mass is 390 g/mol. The molecule has 0 heterocycles. The number of carbonyl (C=O) groups is 2. The van der Waals surface area contributed by atoms with E-state index in [0.717, 1.165) is 0 Å². The Kier molecular flexibility index (Phi) is 7.50. The number of aromatic hydroxyl groups is 2. The van der Waals surface area contributed by atoms with Crippen molar-refractivity contribution in [1.82, 2.24) is 0 Å². The lowest BCUT2D eigenvalue weighted by atomic mass is 10.2. The zero-order valence-electron chi connectivity index (χ0n) is 15.6. The Labute approximate surface area is 162 Å². The average molecular weight is 390 g/mol. The third-order valence-electron chi connectivity index (χ3n) is 3.85. The molecular formula is C20H22O8. The molecule has 0 aliphatic heterocycles. The summed E-state index contributed by atoms with van der Waals surface area (Å²) in [6.07, 6.45) is 0.926. The van der Waals surface area contributed by atoms with Crippen molar-refractivity contribution >= 4 is 11.9 Å². The Hall–Kier alpha value is -3.42. The summed E-state index contributed by atoms with van der Waals surface area (Å²) in [5.74, 6) is -0.895. The standard InChI is InChI=1S/C20H22O8/c1-25-13-5-7-15(17(21)11-13)19(23)27-9-3-4-10-28-20(24)16-8-6-14(26-2)12-18(16)22/h5-8,11-12,21-22H,3-4,9-10H2,1-2H3. The maximum absolute atomic E-state index is 11.9. The van der Waals surface area contributed by atoms with Crippen LogP contribution in [0.5, 0.6) is 23.0 Å². The van der Waals surface area contributed by atoms with Crippen molar-refractivity contribution in [3.63, 3.8) is 0 Å². The highest BCUT2D eigenvalue weighted by Gasteiger charge is 2.15. The van der Waals surface area contributed by atoms with Gasteiger partial charge in [-0.05, 0) is 37.1 Å². The maximum atomic E-state index is 11.9. The van der Waals surface area contributed by atoms with Crippen LogP contribution in [-0.4, -0.2) is 49.6 Å². The Bertz CT molecular complexity index is 761. The minimum atomic E-state index is -0.652.